The van der Waals surface area contributed by atoms with Gasteiger partial charge < -0.3 is 0 Å². The van der Waals surface area contributed by atoms with Crippen molar-refractivity contribution in [1.82, 2.24) is 0 Å². The molecule has 1 atom stereocenters. The zero-order valence-electron chi connectivity index (χ0n) is 8.61. The topological polar surface area (TPSA) is 0 Å². The SMILES string of the molecule is Cc1ccsc1C(Br)Cc1ccccc1. The molecule has 0 aliphatic carbocycles. The van der Waals surface area contributed by atoms with Gasteiger partial charge in [-0.2, -0.15) is 0 Å². The van der Waals surface area contributed by atoms with Crippen molar-refractivity contribution in [2.45, 2.75) is 18.2 Å². The maximum absolute atomic E-state index is 3.76. The first kappa shape index (κ1) is 10.9. The largest absolute Gasteiger partial charge is 0.147 e. The van der Waals surface area contributed by atoms with Crippen LogP contribution in [0.2, 0.25) is 0 Å². The predicted molar refractivity (Wildman–Crippen MR) is 70.9 cm³/mol. The molecule has 0 spiro atoms. The Kier molecular flexibility index (Phi) is 3.60. The molecule has 2 rings (SSSR count). The highest BCUT2D eigenvalue weighted by atomic mass is 79.9. The quantitative estimate of drug-likeness (QED) is 0.713. The fourth-order valence-electron chi connectivity index (χ4n) is 1.62. The summed E-state index contributed by atoms with van der Waals surface area (Å²) in [5, 5.41) is 2.16. The standard InChI is InChI=1S/C13H13BrS/c1-10-7-8-15-13(10)12(14)9-11-5-3-2-4-6-11/h2-8,12H,9H2,1H3. The van der Waals surface area contributed by atoms with Crippen LogP contribution in [0, 0.1) is 6.92 Å². The zero-order valence-corrected chi connectivity index (χ0v) is 11.0. The number of aryl methyl sites for hydroxylation is 1. The van der Waals surface area contributed by atoms with Crippen LogP contribution in [-0.2, 0) is 6.42 Å². The van der Waals surface area contributed by atoms with Gasteiger partial charge in [0.25, 0.3) is 0 Å². The van der Waals surface area contributed by atoms with Crippen LogP contribution in [0.15, 0.2) is 41.8 Å². The molecule has 1 aromatic carbocycles. The van der Waals surface area contributed by atoms with E-state index in [1.165, 1.54) is 16.0 Å². The molecule has 2 heteroatoms. The fraction of sp³-hybridized carbons (Fsp3) is 0.231. The molecule has 1 aromatic heterocycles. The van der Waals surface area contributed by atoms with E-state index < -0.39 is 0 Å². The van der Waals surface area contributed by atoms with Gasteiger partial charge in [0.05, 0.1) is 4.83 Å². The van der Waals surface area contributed by atoms with E-state index in [2.05, 4.69) is 64.6 Å². The highest BCUT2D eigenvalue weighted by molar-refractivity contribution is 9.09. The first-order chi connectivity index (χ1) is 7.27. The van der Waals surface area contributed by atoms with E-state index in [0.717, 1.165) is 6.42 Å². The predicted octanol–water partition coefficient (Wildman–Crippen LogP) is 4.74. The van der Waals surface area contributed by atoms with Gasteiger partial charge in [-0.1, -0.05) is 46.3 Å². The molecule has 0 aliphatic rings. The van der Waals surface area contributed by atoms with Gasteiger partial charge in [0.2, 0.25) is 0 Å². The Hall–Kier alpha value is -0.600. The van der Waals surface area contributed by atoms with Crippen LogP contribution in [0.3, 0.4) is 0 Å². The summed E-state index contributed by atoms with van der Waals surface area (Å²) >= 11 is 5.59. The Morgan fingerprint density at radius 3 is 2.53 bits per heavy atom. The van der Waals surface area contributed by atoms with Crippen LogP contribution >= 0.6 is 27.3 Å². The smallest absolute Gasteiger partial charge is 0.0532 e. The van der Waals surface area contributed by atoms with Crippen LogP contribution in [0.1, 0.15) is 20.8 Å². The van der Waals surface area contributed by atoms with E-state index in [9.17, 15) is 0 Å². The molecule has 0 saturated heterocycles. The highest BCUT2D eigenvalue weighted by Gasteiger charge is 2.11. The summed E-state index contributed by atoms with van der Waals surface area (Å²) in [6, 6.07) is 12.8. The van der Waals surface area contributed by atoms with Gasteiger partial charge in [0.15, 0.2) is 0 Å². The average Bonchev–Trinajstić information content (AvgIpc) is 2.66. The van der Waals surface area contributed by atoms with E-state index in [1.807, 2.05) is 11.3 Å². The molecule has 2 aromatic rings. The summed E-state index contributed by atoms with van der Waals surface area (Å²) in [7, 11) is 0. The molecule has 0 amide bonds. The third-order valence-electron chi connectivity index (χ3n) is 2.44. The minimum absolute atomic E-state index is 0.444. The minimum atomic E-state index is 0.444. The summed E-state index contributed by atoms with van der Waals surface area (Å²) in [6.07, 6.45) is 1.06. The van der Waals surface area contributed by atoms with Crippen molar-refractivity contribution in [3.05, 3.63) is 57.8 Å². The van der Waals surface area contributed by atoms with Gasteiger partial charge in [0.1, 0.15) is 0 Å². The second-order valence-corrected chi connectivity index (χ2v) is 5.68. The zero-order chi connectivity index (χ0) is 10.7. The van der Waals surface area contributed by atoms with Gasteiger partial charge >= 0.3 is 0 Å². The molecule has 0 saturated carbocycles. The lowest BCUT2D eigenvalue weighted by atomic mass is 10.1. The van der Waals surface area contributed by atoms with Crippen LogP contribution < -0.4 is 0 Å². The maximum Gasteiger partial charge on any atom is 0.0532 e. The first-order valence-electron chi connectivity index (χ1n) is 4.99. The van der Waals surface area contributed by atoms with Gasteiger partial charge in [0, 0.05) is 4.88 Å². The fourth-order valence-corrected chi connectivity index (χ4v) is 3.58. The first-order valence-corrected chi connectivity index (χ1v) is 6.79. The van der Waals surface area contributed by atoms with Crippen molar-refractivity contribution in [3.8, 4) is 0 Å². The van der Waals surface area contributed by atoms with E-state index in [4.69, 9.17) is 0 Å². The van der Waals surface area contributed by atoms with Crippen LogP contribution in [-0.4, -0.2) is 0 Å². The molecular weight excluding hydrogens is 268 g/mol. The highest BCUT2D eigenvalue weighted by Crippen LogP contribution is 2.33. The number of thiophene rings is 1. The summed E-state index contributed by atoms with van der Waals surface area (Å²) in [5.41, 5.74) is 2.77. The normalized spacial score (nSPS) is 12.7. The third-order valence-corrected chi connectivity index (χ3v) is 4.66. The van der Waals surface area contributed by atoms with Gasteiger partial charge in [-0.15, -0.1) is 11.3 Å². The van der Waals surface area contributed by atoms with E-state index >= 15 is 0 Å². The minimum Gasteiger partial charge on any atom is -0.147 e. The van der Waals surface area contributed by atoms with Crippen molar-refractivity contribution in [3.63, 3.8) is 0 Å². The van der Waals surface area contributed by atoms with E-state index in [0.29, 0.717) is 4.83 Å². The Balaban J connectivity index is 2.11. The summed E-state index contributed by atoms with van der Waals surface area (Å²) < 4.78 is 0. The third kappa shape index (κ3) is 2.70. The lowest BCUT2D eigenvalue weighted by molar-refractivity contribution is 0.961. The molecule has 0 N–H and O–H groups in total. The molecule has 0 radical (unpaired) electrons. The van der Waals surface area contributed by atoms with Crippen molar-refractivity contribution in [2.24, 2.45) is 0 Å². The second-order valence-electron chi connectivity index (χ2n) is 3.63. The Morgan fingerprint density at radius 2 is 1.93 bits per heavy atom. The van der Waals surface area contributed by atoms with Crippen molar-refractivity contribution < 1.29 is 0 Å². The number of benzene rings is 1. The van der Waals surface area contributed by atoms with Gasteiger partial charge in [-0.25, -0.2) is 0 Å². The van der Waals surface area contributed by atoms with Crippen molar-refractivity contribution >= 4 is 27.3 Å². The monoisotopic (exact) mass is 280 g/mol. The molecule has 78 valence electrons. The molecule has 1 heterocycles. The van der Waals surface area contributed by atoms with Crippen LogP contribution in [0.5, 0.6) is 0 Å². The maximum atomic E-state index is 3.76. The number of hydrogen-bond donors (Lipinski definition) is 0. The number of rotatable bonds is 3. The Bertz CT molecular complexity index is 419. The molecular formula is C13H13BrS. The lowest BCUT2D eigenvalue weighted by Gasteiger charge is -2.09. The van der Waals surface area contributed by atoms with E-state index in [1.54, 1.807) is 0 Å². The Morgan fingerprint density at radius 1 is 1.20 bits per heavy atom. The number of hydrogen-bond acceptors (Lipinski definition) is 1. The molecule has 0 aliphatic heterocycles. The van der Waals surface area contributed by atoms with E-state index in [-0.39, 0.29) is 0 Å². The van der Waals surface area contributed by atoms with Crippen LogP contribution in [0.25, 0.3) is 0 Å². The molecule has 0 fully saturated rings. The van der Waals surface area contributed by atoms with Gasteiger partial charge in [-0.05, 0) is 35.9 Å². The molecule has 0 nitrogen and oxygen atoms in total. The number of alkyl halides is 1. The summed E-state index contributed by atoms with van der Waals surface area (Å²) in [6.45, 7) is 2.17. The second kappa shape index (κ2) is 4.95. The molecule has 1 unspecified atom stereocenters. The molecule has 15 heavy (non-hydrogen) atoms. The average molecular weight is 281 g/mol. The number of halogens is 1. The summed E-state index contributed by atoms with van der Waals surface area (Å²) in [5.74, 6) is 0. The summed E-state index contributed by atoms with van der Waals surface area (Å²) in [4.78, 5) is 1.89. The Labute approximate surface area is 103 Å². The van der Waals surface area contributed by atoms with Crippen LogP contribution in [0.4, 0.5) is 0 Å². The lowest BCUT2D eigenvalue weighted by Crippen LogP contribution is -1.94. The molecule has 0 bridgehead atoms. The van der Waals surface area contributed by atoms with Gasteiger partial charge in [-0.3, -0.25) is 0 Å². The van der Waals surface area contributed by atoms with Crippen molar-refractivity contribution in [1.29, 1.82) is 0 Å². The van der Waals surface area contributed by atoms with Crippen molar-refractivity contribution in [2.75, 3.05) is 0 Å².